The molecule has 2 N–H and O–H groups in total. The highest BCUT2D eigenvalue weighted by atomic mass is 16.5. The van der Waals surface area contributed by atoms with Gasteiger partial charge in [0.05, 0.1) is 25.4 Å². The Labute approximate surface area is 190 Å². The number of hydrogen-bond acceptors (Lipinski definition) is 3. The van der Waals surface area contributed by atoms with Gasteiger partial charge in [0.15, 0.2) is 0 Å². The fraction of sp³-hybridized carbons (Fsp3) is 1.00. The van der Waals surface area contributed by atoms with Crippen LogP contribution in [0.4, 0.5) is 0 Å². The molecule has 0 amide bonds. The second kappa shape index (κ2) is 28.9. The summed E-state index contributed by atoms with van der Waals surface area (Å²) in [7, 11) is 0. The summed E-state index contributed by atoms with van der Waals surface area (Å²) < 4.78 is 5.50. The van der Waals surface area contributed by atoms with Gasteiger partial charge in [-0.2, -0.15) is 0 Å². The largest absolute Gasteiger partial charge is 0.391 e. The van der Waals surface area contributed by atoms with E-state index >= 15 is 0 Å². The van der Waals surface area contributed by atoms with Gasteiger partial charge >= 0.3 is 0 Å². The molecule has 30 heavy (non-hydrogen) atoms. The summed E-state index contributed by atoms with van der Waals surface area (Å²) in [6, 6.07) is 0. The van der Waals surface area contributed by atoms with Gasteiger partial charge in [-0.15, -0.1) is 0 Å². The molecule has 0 aromatic heterocycles. The van der Waals surface area contributed by atoms with Gasteiger partial charge in [0.25, 0.3) is 0 Å². The molecule has 0 aliphatic heterocycles. The lowest BCUT2D eigenvalue weighted by atomic mass is 10.1. The maximum Gasteiger partial charge on any atom is 0.0773 e. The first-order valence-electron chi connectivity index (χ1n) is 13.6. The molecule has 0 aliphatic carbocycles. The number of hydrogen-bond donors (Lipinski definition) is 2. The fourth-order valence-electron chi connectivity index (χ4n) is 3.53. The smallest absolute Gasteiger partial charge is 0.0773 e. The van der Waals surface area contributed by atoms with Crippen LogP contribution in [-0.4, -0.2) is 35.6 Å². The summed E-state index contributed by atoms with van der Waals surface area (Å²) in [5, 5.41) is 19.9. The predicted octanol–water partition coefficient (Wildman–Crippen LogP) is 8.20. The highest BCUT2D eigenvalue weighted by Gasteiger charge is 2.08. The van der Waals surface area contributed by atoms with Gasteiger partial charge in [-0.05, 0) is 12.8 Å². The number of aliphatic hydroxyl groups excluding tert-OH is 2. The van der Waals surface area contributed by atoms with Crippen LogP contribution in [0.5, 0.6) is 0 Å². The van der Waals surface area contributed by atoms with Crippen molar-refractivity contribution in [1.82, 2.24) is 0 Å². The van der Waals surface area contributed by atoms with E-state index < -0.39 is 0 Å². The molecular formula is C27H58O3. The van der Waals surface area contributed by atoms with Crippen molar-refractivity contribution in [3.63, 3.8) is 0 Å². The van der Waals surface area contributed by atoms with Gasteiger partial charge in [0.1, 0.15) is 0 Å². The van der Waals surface area contributed by atoms with Crippen molar-refractivity contribution in [3.05, 3.63) is 0 Å². The van der Waals surface area contributed by atoms with Crippen LogP contribution in [0, 0.1) is 0 Å². The number of unbranched alkanes of at least 4 members (excludes halogenated alkanes) is 14. The maximum atomic E-state index is 9.96. The zero-order valence-corrected chi connectivity index (χ0v) is 21.3. The number of aliphatic hydroxyl groups is 2. The summed E-state index contributed by atoms with van der Waals surface area (Å²) in [4.78, 5) is 0. The summed E-state index contributed by atoms with van der Waals surface area (Å²) >= 11 is 0. The molecule has 184 valence electrons. The van der Waals surface area contributed by atoms with Crippen molar-refractivity contribution < 1.29 is 14.9 Å². The average Bonchev–Trinajstić information content (AvgIpc) is 2.72. The fourth-order valence-corrected chi connectivity index (χ4v) is 3.53. The second-order valence-corrected chi connectivity index (χ2v) is 9.08. The second-order valence-electron chi connectivity index (χ2n) is 9.08. The Balaban J connectivity index is 0. The van der Waals surface area contributed by atoms with Crippen molar-refractivity contribution in [1.29, 1.82) is 0 Å². The van der Waals surface area contributed by atoms with Crippen LogP contribution in [0.25, 0.3) is 0 Å². The zero-order valence-electron chi connectivity index (χ0n) is 21.3. The van der Waals surface area contributed by atoms with Gasteiger partial charge in [-0.1, -0.05) is 137 Å². The molecule has 0 aliphatic rings. The van der Waals surface area contributed by atoms with E-state index in [0.29, 0.717) is 13.2 Å². The molecular weight excluding hydrogens is 372 g/mol. The van der Waals surface area contributed by atoms with Crippen molar-refractivity contribution >= 4 is 0 Å². The monoisotopic (exact) mass is 430 g/mol. The first kappa shape index (κ1) is 32.1. The Kier molecular flexibility index (Phi) is 30.9. The SMILES string of the molecule is CCC.CCCCCCCCCCC(O)COCC(O)CCCCCCCCCC. The molecule has 0 heterocycles. The van der Waals surface area contributed by atoms with Crippen LogP contribution < -0.4 is 0 Å². The molecule has 0 spiro atoms. The molecule has 0 radical (unpaired) electrons. The van der Waals surface area contributed by atoms with E-state index in [4.69, 9.17) is 4.74 Å². The van der Waals surface area contributed by atoms with Crippen LogP contribution in [0.15, 0.2) is 0 Å². The highest BCUT2D eigenvalue weighted by Crippen LogP contribution is 2.12. The first-order valence-corrected chi connectivity index (χ1v) is 13.6. The maximum absolute atomic E-state index is 9.96. The topological polar surface area (TPSA) is 49.7 Å². The van der Waals surface area contributed by atoms with E-state index in [-0.39, 0.29) is 12.2 Å². The third-order valence-electron chi connectivity index (χ3n) is 5.40. The van der Waals surface area contributed by atoms with E-state index in [1.807, 2.05) is 0 Å². The Morgan fingerprint density at radius 1 is 0.467 bits per heavy atom. The minimum absolute atomic E-state index is 0.366. The van der Waals surface area contributed by atoms with E-state index in [0.717, 1.165) is 25.7 Å². The average molecular weight is 431 g/mol. The Morgan fingerprint density at radius 2 is 0.733 bits per heavy atom. The first-order chi connectivity index (χ1) is 14.6. The molecule has 0 saturated heterocycles. The minimum Gasteiger partial charge on any atom is -0.391 e. The number of ether oxygens (including phenoxy) is 1. The van der Waals surface area contributed by atoms with E-state index in [9.17, 15) is 10.2 Å². The van der Waals surface area contributed by atoms with Gasteiger partial charge in [0.2, 0.25) is 0 Å². The summed E-state index contributed by atoms with van der Waals surface area (Å²) in [6.07, 6.45) is 22.8. The van der Waals surface area contributed by atoms with Gasteiger partial charge in [-0.25, -0.2) is 0 Å². The van der Waals surface area contributed by atoms with Crippen molar-refractivity contribution in [3.8, 4) is 0 Å². The Morgan fingerprint density at radius 3 is 1.03 bits per heavy atom. The van der Waals surface area contributed by atoms with Crippen LogP contribution in [0.3, 0.4) is 0 Å². The molecule has 0 bridgehead atoms. The molecule has 3 heteroatoms. The lowest BCUT2D eigenvalue weighted by Gasteiger charge is -2.14. The predicted molar refractivity (Wildman–Crippen MR) is 133 cm³/mol. The van der Waals surface area contributed by atoms with Crippen LogP contribution >= 0.6 is 0 Å². The van der Waals surface area contributed by atoms with Crippen LogP contribution in [0.1, 0.15) is 150 Å². The highest BCUT2D eigenvalue weighted by molar-refractivity contribution is 4.59. The van der Waals surface area contributed by atoms with Crippen molar-refractivity contribution in [2.24, 2.45) is 0 Å². The van der Waals surface area contributed by atoms with Gasteiger partial charge in [-0.3, -0.25) is 0 Å². The molecule has 0 aromatic rings. The lowest BCUT2D eigenvalue weighted by Crippen LogP contribution is -2.21. The Hall–Kier alpha value is -0.120. The van der Waals surface area contributed by atoms with Gasteiger partial charge < -0.3 is 14.9 Å². The third-order valence-corrected chi connectivity index (χ3v) is 5.40. The normalized spacial score (nSPS) is 13.0. The quantitative estimate of drug-likeness (QED) is 0.170. The van der Waals surface area contributed by atoms with Crippen molar-refractivity contribution in [2.75, 3.05) is 13.2 Å². The molecule has 0 saturated carbocycles. The summed E-state index contributed by atoms with van der Waals surface area (Å²) in [6.45, 7) is 9.48. The number of rotatable bonds is 22. The van der Waals surface area contributed by atoms with Crippen molar-refractivity contribution in [2.45, 2.75) is 162 Å². The van der Waals surface area contributed by atoms with Gasteiger partial charge in [0, 0.05) is 0 Å². The third kappa shape index (κ3) is 30.1. The van der Waals surface area contributed by atoms with E-state index in [1.54, 1.807) is 0 Å². The summed E-state index contributed by atoms with van der Waals surface area (Å²) in [5.41, 5.74) is 0. The minimum atomic E-state index is -0.375. The standard InChI is InChI=1S/C24H50O3.C3H8/c1-3-5-7-9-11-13-15-17-19-23(25)21-27-22-24(26)20-18-16-14-12-10-8-6-4-2;1-3-2/h23-26H,3-22H2,1-2H3;3H2,1-2H3. The molecule has 0 fully saturated rings. The molecule has 2 unspecified atom stereocenters. The Bertz CT molecular complexity index is 257. The summed E-state index contributed by atoms with van der Waals surface area (Å²) in [5.74, 6) is 0. The molecule has 3 nitrogen and oxygen atoms in total. The lowest BCUT2D eigenvalue weighted by molar-refractivity contribution is -0.0129. The molecule has 0 aromatic carbocycles. The van der Waals surface area contributed by atoms with E-state index in [1.165, 1.54) is 96.3 Å². The van der Waals surface area contributed by atoms with Crippen LogP contribution in [-0.2, 0) is 4.74 Å². The molecule has 2 atom stereocenters. The van der Waals surface area contributed by atoms with Crippen LogP contribution in [0.2, 0.25) is 0 Å². The molecule has 0 rings (SSSR count). The van der Waals surface area contributed by atoms with E-state index in [2.05, 4.69) is 27.7 Å². The zero-order chi connectivity index (χ0) is 22.7.